The highest BCUT2D eigenvalue weighted by Crippen LogP contribution is 2.36. The average Bonchev–Trinajstić information content (AvgIpc) is 2.94. The van der Waals surface area contributed by atoms with E-state index in [-0.39, 0.29) is 29.5 Å². The van der Waals surface area contributed by atoms with E-state index in [0.717, 1.165) is 6.54 Å². The number of nitrogens with two attached hydrogens (primary N) is 1. The molecule has 1 saturated heterocycles. The average molecular weight is 410 g/mol. The van der Waals surface area contributed by atoms with E-state index in [1.807, 2.05) is 0 Å². The van der Waals surface area contributed by atoms with Gasteiger partial charge in [-0.05, 0) is 12.8 Å². The number of hydrogen-bond donors (Lipinski definition) is 2. The molecule has 0 aromatic carbocycles. The molecular formula is C14H27IN4S. The van der Waals surface area contributed by atoms with Crippen molar-refractivity contribution in [3.05, 3.63) is 12.7 Å². The van der Waals surface area contributed by atoms with Crippen LogP contribution in [0.1, 0.15) is 25.7 Å². The number of thioether (sulfide) groups is 1. The van der Waals surface area contributed by atoms with E-state index < -0.39 is 0 Å². The minimum absolute atomic E-state index is 0. The summed E-state index contributed by atoms with van der Waals surface area (Å²) in [4.78, 5) is 7.25. The third kappa shape index (κ3) is 4.80. The van der Waals surface area contributed by atoms with Gasteiger partial charge in [0.25, 0.3) is 0 Å². The quantitative estimate of drug-likeness (QED) is 0.315. The Morgan fingerprint density at radius 2 is 2.00 bits per heavy atom. The Hall–Kier alpha value is 0.0500. The summed E-state index contributed by atoms with van der Waals surface area (Å²) in [5.74, 6) is 3.07. The molecule has 116 valence electrons. The molecule has 2 aliphatic rings. The number of guanidine groups is 1. The molecule has 0 radical (unpaired) electrons. The summed E-state index contributed by atoms with van der Waals surface area (Å²) in [5.41, 5.74) is 6.17. The van der Waals surface area contributed by atoms with Gasteiger partial charge >= 0.3 is 0 Å². The Kier molecular flexibility index (Phi) is 8.28. The second-order valence-electron chi connectivity index (χ2n) is 5.40. The van der Waals surface area contributed by atoms with Crippen LogP contribution < -0.4 is 11.1 Å². The van der Waals surface area contributed by atoms with E-state index in [0.29, 0.717) is 12.5 Å². The molecule has 3 N–H and O–H groups in total. The number of aliphatic imine (C=N–C) groups is 1. The zero-order valence-electron chi connectivity index (χ0n) is 12.1. The highest BCUT2D eigenvalue weighted by molar-refractivity contribution is 14.0. The molecule has 4 nitrogen and oxygen atoms in total. The zero-order chi connectivity index (χ0) is 13.6. The van der Waals surface area contributed by atoms with Crippen LogP contribution in [0.3, 0.4) is 0 Å². The van der Waals surface area contributed by atoms with Gasteiger partial charge < -0.3 is 11.1 Å². The predicted octanol–water partition coefficient (Wildman–Crippen LogP) is 2.06. The zero-order valence-corrected chi connectivity index (χ0v) is 15.3. The van der Waals surface area contributed by atoms with Crippen LogP contribution in [0.2, 0.25) is 0 Å². The number of rotatable bonds is 5. The molecule has 0 amide bonds. The Bertz CT molecular complexity index is 323. The fourth-order valence-corrected chi connectivity index (χ4v) is 4.01. The SMILES string of the molecule is C=CCNC(N)=NCC1(N2CCSCC2)CCCC1.I. The van der Waals surface area contributed by atoms with Gasteiger partial charge in [-0.25, -0.2) is 0 Å². The van der Waals surface area contributed by atoms with Crippen molar-refractivity contribution in [3.8, 4) is 0 Å². The van der Waals surface area contributed by atoms with E-state index in [1.165, 1.54) is 50.3 Å². The fraction of sp³-hybridized carbons (Fsp3) is 0.786. The normalized spacial score (nSPS) is 23.1. The second kappa shape index (κ2) is 9.15. The third-order valence-corrected chi connectivity index (χ3v) is 5.13. The maximum absolute atomic E-state index is 5.89. The van der Waals surface area contributed by atoms with Crippen LogP contribution in [0, 0.1) is 0 Å². The summed E-state index contributed by atoms with van der Waals surface area (Å²) >= 11 is 2.07. The molecule has 1 aliphatic heterocycles. The lowest BCUT2D eigenvalue weighted by Gasteiger charge is -2.42. The Morgan fingerprint density at radius 1 is 1.35 bits per heavy atom. The highest BCUT2D eigenvalue weighted by atomic mass is 127. The van der Waals surface area contributed by atoms with Gasteiger partial charge in [0.2, 0.25) is 0 Å². The molecule has 0 spiro atoms. The van der Waals surface area contributed by atoms with Crippen LogP contribution in [-0.2, 0) is 0 Å². The van der Waals surface area contributed by atoms with E-state index >= 15 is 0 Å². The standard InChI is InChI=1S/C14H26N4S.HI/c1-2-7-16-13(15)17-12-14(5-3-4-6-14)18-8-10-19-11-9-18;/h2H,1,3-12H2,(H3,15,16,17);1H. The number of nitrogens with zero attached hydrogens (tertiary/aromatic N) is 2. The number of halogens is 1. The summed E-state index contributed by atoms with van der Waals surface area (Å²) in [7, 11) is 0. The minimum Gasteiger partial charge on any atom is -0.370 e. The van der Waals surface area contributed by atoms with Gasteiger partial charge in [-0.1, -0.05) is 18.9 Å². The monoisotopic (exact) mass is 410 g/mol. The van der Waals surface area contributed by atoms with Gasteiger partial charge in [-0.15, -0.1) is 30.6 Å². The fourth-order valence-electron chi connectivity index (χ4n) is 3.11. The van der Waals surface area contributed by atoms with Crippen LogP contribution in [0.15, 0.2) is 17.6 Å². The lowest BCUT2D eigenvalue weighted by molar-refractivity contribution is 0.112. The van der Waals surface area contributed by atoms with E-state index in [2.05, 4.69) is 33.5 Å². The van der Waals surface area contributed by atoms with Crippen molar-refractivity contribution in [2.45, 2.75) is 31.2 Å². The highest BCUT2D eigenvalue weighted by Gasteiger charge is 2.39. The Morgan fingerprint density at radius 3 is 2.60 bits per heavy atom. The van der Waals surface area contributed by atoms with Crippen LogP contribution in [0.25, 0.3) is 0 Å². The molecular weight excluding hydrogens is 383 g/mol. The smallest absolute Gasteiger partial charge is 0.188 e. The molecule has 0 bridgehead atoms. The maximum atomic E-state index is 5.89. The van der Waals surface area contributed by atoms with Gasteiger partial charge in [0, 0.05) is 36.7 Å². The summed E-state index contributed by atoms with van der Waals surface area (Å²) in [6.07, 6.45) is 7.01. The molecule has 0 aromatic rings. The van der Waals surface area contributed by atoms with Crippen molar-refractivity contribution in [2.24, 2.45) is 10.7 Å². The first kappa shape index (κ1) is 18.1. The molecule has 1 aliphatic carbocycles. The first-order chi connectivity index (χ1) is 9.27. The maximum Gasteiger partial charge on any atom is 0.188 e. The second-order valence-corrected chi connectivity index (χ2v) is 6.63. The minimum atomic E-state index is 0. The first-order valence-corrected chi connectivity index (χ1v) is 8.40. The van der Waals surface area contributed by atoms with Crippen molar-refractivity contribution >= 4 is 41.7 Å². The van der Waals surface area contributed by atoms with Crippen LogP contribution in [0.4, 0.5) is 0 Å². The predicted molar refractivity (Wildman–Crippen MR) is 100 cm³/mol. The molecule has 0 atom stereocenters. The van der Waals surface area contributed by atoms with Crippen molar-refractivity contribution in [3.63, 3.8) is 0 Å². The van der Waals surface area contributed by atoms with Gasteiger partial charge in [0.05, 0.1) is 6.54 Å². The molecule has 0 aromatic heterocycles. The lowest BCUT2D eigenvalue weighted by atomic mass is 9.95. The Labute approximate surface area is 144 Å². The largest absolute Gasteiger partial charge is 0.370 e. The number of hydrogen-bond acceptors (Lipinski definition) is 3. The molecule has 20 heavy (non-hydrogen) atoms. The van der Waals surface area contributed by atoms with Gasteiger partial charge in [0.15, 0.2) is 5.96 Å². The summed E-state index contributed by atoms with van der Waals surface area (Å²) in [6.45, 7) is 7.61. The van der Waals surface area contributed by atoms with Gasteiger partial charge in [-0.3, -0.25) is 9.89 Å². The summed E-state index contributed by atoms with van der Waals surface area (Å²) in [6, 6.07) is 0. The van der Waals surface area contributed by atoms with Gasteiger partial charge in [-0.2, -0.15) is 11.8 Å². The topological polar surface area (TPSA) is 53.6 Å². The third-order valence-electron chi connectivity index (χ3n) is 4.19. The first-order valence-electron chi connectivity index (χ1n) is 7.24. The lowest BCUT2D eigenvalue weighted by Crippen LogP contribution is -2.53. The van der Waals surface area contributed by atoms with E-state index in [9.17, 15) is 0 Å². The molecule has 2 fully saturated rings. The van der Waals surface area contributed by atoms with Crippen molar-refractivity contribution in [2.75, 3.05) is 37.7 Å². The van der Waals surface area contributed by atoms with E-state index in [4.69, 9.17) is 5.73 Å². The number of nitrogens with one attached hydrogen (secondary N) is 1. The van der Waals surface area contributed by atoms with Crippen LogP contribution in [-0.4, -0.2) is 54.1 Å². The van der Waals surface area contributed by atoms with Crippen molar-refractivity contribution in [1.82, 2.24) is 10.2 Å². The molecule has 2 rings (SSSR count). The van der Waals surface area contributed by atoms with Crippen molar-refractivity contribution in [1.29, 1.82) is 0 Å². The molecule has 1 heterocycles. The van der Waals surface area contributed by atoms with Gasteiger partial charge in [0.1, 0.15) is 0 Å². The molecule has 6 heteroatoms. The molecule has 1 saturated carbocycles. The van der Waals surface area contributed by atoms with Crippen LogP contribution in [0.5, 0.6) is 0 Å². The Balaban J connectivity index is 0.00000200. The van der Waals surface area contributed by atoms with Crippen molar-refractivity contribution < 1.29 is 0 Å². The van der Waals surface area contributed by atoms with Crippen LogP contribution >= 0.6 is 35.7 Å². The molecule has 0 unspecified atom stereocenters. The van der Waals surface area contributed by atoms with E-state index in [1.54, 1.807) is 6.08 Å². The summed E-state index contributed by atoms with van der Waals surface area (Å²) in [5, 5.41) is 3.06. The summed E-state index contributed by atoms with van der Waals surface area (Å²) < 4.78 is 0.